The Morgan fingerprint density at radius 1 is 1.19 bits per heavy atom. The van der Waals surface area contributed by atoms with Gasteiger partial charge in [0, 0.05) is 25.4 Å². The molecule has 4 nitrogen and oxygen atoms in total. The second-order valence-corrected chi connectivity index (χ2v) is 7.24. The molecule has 1 atom stereocenters. The van der Waals surface area contributed by atoms with Gasteiger partial charge in [0.25, 0.3) is 0 Å². The number of carbonyl (C=O) groups is 1. The van der Waals surface area contributed by atoms with Gasteiger partial charge in [0.15, 0.2) is 0 Å². The molecule has 1 amide bonds. The quantitative estimate of drug-likeness (QED) is 0.791. The minimum absolute atomic E-state index is 0.0367. The number of halogens is 4. The number of alkyl halides is 3. The fourth-order valence-corrected chi connectivity index (χ4v) is 3.81. The van der Waals surface area contributed by atoms with E-state index in [9.17, 15) is 22.4 Å². The van der Waals surface area contributed by atoms with Gasteiger partial charge in [-0.15, -0.1) is 0 Å². The first-order valence-corrected chi connectivity index (χ1v) is 9.34. The molecule has 0 saturated carbocycles. The molecular weight excluding hydrogens is 364 g/mol. The third-order valence-corrected chi connectivity index (χ3v) is 5.29. The van der Waals surface area contributed by atoms with Crippen LogP contribution in [-0.2, 0) is 15.7 Å². The molecule has 27 heavy (non-hydrogen) atoms. The summed E-state index contributed by atoms with van der Waals surface area (Å²) in [5.41, 5.74) is -1.41. The molecule has 150 valence electrons. The molecule has 1 N–H and O–H groups in total. The lowest BCUT2D eigenvalue weighted by molar-refractivity contribution is -0.140. The van der Waals surface area contributed by atoms with Crippen LogP contribution in [-0.4, -0.2) is 43.2 Å². The molecule has 2 fully saturated rings. The highest BCUT2D eigenvalue weighted by molar-refractivity contribution is 5.95. The Bertz CT molecular complexity index is 660. The molecule has 0 aliphatic carbocycles. The highest BCUT2D eigenvalue weighted by atomic mass is 19.4. The maximum atomic E-state index is 13.4. The second-order valence-electron chi connectivity index (χ2n) is 7.24. The van der Waals surface area contributed by atoms with Crippen molar-refractivity contribution in [2.45, 2.75) is 44.3 Å². The molecule has 8 heteroatoms. The van der Waals surface area contributed by atoms with E-state index in [1.165, 1.54) is 0 Å². The van der Waals surface area contributed by atoms with Crippen LogP contribution in [0.2, 0.25) is 0 Å². The largest absolute Gasteiger partial charge is 0.419 e. The van der Waals surface area contributed by atoms with Crippen molar-refractivity contribution in [1.29, 1.82) is 0 Å². The summed E-state index contributed by atoms with van der Waals surface area (Å²) >= 11 is 0. The number of hydrogen-bond donors (Lipinski definition) is 1. The number of hydrogen-bond acceptors (Lipinski definition) is 3. The lowest BCUT2D eigenvalue weighted by Gasteiger charge is -2.37. The Morgan fingerprint density at radius 3 is 2.63 bits per heavy atom. The van der Waals surface area contributed by atoms with Gasteiger partial charge < -0.3 is 10.1 Å². The van der Waals surface area contributed by atoms with Gasteiger partial charge in [-0.1, -0.05) is 6.42 Å². The first-order chi connectivity index (χ1) is 12.8. The summed E-state index contributed by atoms with van der Waals surface area (Å²) in [6, 6.07) is 2.17. The summed E-state index contributed by atoms with van der Waals surface area (Å²) in [5, 5.41) is 2.55. The van der Waals surface area contributed by atoms with Crippen molar-refractivity contribution in [2.75, 3.05) is 31.6 Å². The zero-order valence-electron chi connectivity index (χ0n) is 15.0. The molecule has 0 unspecified atom stereocenters. The van der Waals surface area contributed by atoms with Gasteiger partial charge in [0.1, 0.15) is 5.82 Å². The first kappa shape index (κ1) is 20.1. The Morgan fingerprint density at radius 2 is 1.93 bits per heavy atom. The number of benzene rings is 1. The minimum atomic E-state index is -4.80. The Labute approximate surface area is 155 Å². The molecule has 0 radical (unpaired) electrons. The average molecular weight is 388 g/mol. The lowest BCUT2D eigenvalue weighted by atomic mass is 9.95. The van der Waals surface area contributed by atoms with Crippen LogP contribution >= 0.6 is 0 Å². The molecule has 1 aromatic carbocycles. The number of nitrogens with one attached hydrogen (secondary N) is 1. The molecule has 2 aliphatic heterocycles. The number of carbonyl (C=O) groups excluding carboxylic acids is 1. The van der Waals surface area contributed by atoms with Gasteiger partial charge in [0.2, 0.25) is 5.91 Å². The number of rotatable bonds is 4. The summed E-state index contributed by atoms with van der Waals surface area (Å²) in [6.07, 6.45) is -0.316. The zero-order chi connectivity index (χ0) is 19.4. The fourth-order valence-electron chi connectivity index (χ4n) is 3.81. The molecule has 1 aromatic rings. The van der Waals surface area contributed by atoms with E-state index in [-0.39, 0.29) is 17.6 Å². The predicted octanol–water partition coefficient (Wildman–Crippen LogP) is 4.06. The highest BCUT2D eigenvalue weighted by Gasteiger charge is 2.35. The maximum Gasteiger partial charge on any atom is 0.419 e. The van der Waals surface area contributed by atoms with Crippen LogP contribution in [0, 0.1) is 11.7 Å². The van der Waals surface area contributed by atoms with Crippen LogP contribution in [0.4, 0.5) is 23.2 Å². The number of amides is 1. The summed E-state index contributed by atoms with van der Waals surface area (Å²) < 4.78 is 57.4. The van der Waals surface area contributed by atoms with Crippen LogP contribution in [0.1, 0.15) is 37.7 Å². The van der Waals surface area contributed by atoms with E-state index < -0.39 is 17.6 Å². The molecule has 0 aromatic heterocycles. The molecule has 0 bridgehead atoms. The minimum Gasteiger partial charge on any atom is -0.381 e. The maximum absolute atomic E-state index is 13.4. The van der Waals surface area contributed by atoms with Crippen molar-refractivity contribution in [3.05, 3.63) is 29.6 Å². The van der Waals surface area contributed by atoms with E-state index >= 15 is 0 Å². The highest BCUT2D eigenvalue weighted by Crippen LogP contribution is 2.33. The van der Waals surface area contributed by atoms with E-state index in [0.29, 0.717) is 18.4 Å². The molecule has 2 aliphatic rings. The van der Waals surface area contributed by atoms with Gasteiger partial charge >= 0.3 is 6.18 Å². The van der Waals surface area contributed by atoms with Crippen LogP contribution in [0.5, 0.6) is 0 Å². The van der Waals surface area contributed by atoms with E-state index in [1.807, 2.05) is 0 Å². The van der Waals surface area contributed by atoms with Crippen molar-refractivity contribution in [1.82, 2.24) is 4.90 Å². The Hall–Kier alpha value is -1.67. The topological polar surface area (TPSA) is 41.6 Å². The first-order valence-electron chi connectivity index (χ1n) is 9.34. The van der Waals surface area contributed by atoms with Crippen LogP contribution in [0.25, 0.3) is 0 Å². The predicted molar refractivity (Wildman–Crippen MR) is 92.8 cm³/mol. The molecule has 2 heterocycles. The second kappa shape index (κ2) is 8.56. The van der Waals surface area contributed by atoms with Crippen LogP contribution < -0.4 is 5.32 Å². The molecule has 3 rings (SSSR count). The Balaban J connectivity index is 1.68. The molecule has 2 saturated heterocycles. The van der Waals surface area contributed by atoms with Crippen LogP contribution in [0.15, 0.2) is 18.2 Å². The monoisotopic (exact) mass is 388 g/mol. The van der Waals surface area contributed by atoms with Crippen molar-refractivity contribution in [3.8, 4) is 0 Å². The van der Waals surface area contributed by atoms with Crippen molar-refractivity contribution < 1.29 is 27.1 Å². The SMILES string of the molecule is O=C(Nc1ccc(F)c(C(F)(F)F)c1)[C@@H]1CCCCN1CC1CCOCC1. The Kier molecular flexibility index (Phi) is 6.37. The summed E-state index contributed by atoms with van der Waals surface area (Å²) in [6.45, 7) is 3.04. The normalized spacial score (nSPS) is 22.6. The molecular formula is C19H24F4N2O2. The third kappa shape index (κ3) is 5.19. The van der Waals surface area contributed by atoms with Crippen LogP contribution in [0.3, 0.4) is 0 Å². The average Bonchev–Trinajstić information content (AvgIpc) is 2.63. The summed E-state index contributed by atoms with van der Waals surface area (Å²) in [5.74, 6) is -1.21. The van der Waals surface area contributed by atoms with Gasteiger partial charge in [-0.05, 0) is 56.3 Å². The van der Waals surface area contributed by atoms with E-state index in [1.54, 1.807) is 0 Å². The third-order valence-electron chi connectivity index (χ3n) is 5.29. The number of anilines is 1. The zero-order valence-corrected chi connectivity index (χ0v) is 15.0. The number of likely N-dealkylation sites (tertiary alicyclic amines) is 1. The van der Waals surface area contributed by atoms with Gasteiger partial charge in [-0.25, -0.2) is 4.39 Å². The van der Waals surface area contributed by atoms with Gasteiger partial charge in [-0.2, -0.15) is 13.2 Å². The fraction of sp³-hybridized carbons (Fsp3) is 0.632. The molecule has 0 spiro atoms. The van der Waals surface area contributed by atoms with E-state index in [4.69, 9.17) is 4.74 Å². The van der Waals surface area contributed by atoms with Crippen molar-refractivity contribution in [2.24, 2.45) is 5.92 Å². The lowest BCUT2D eigenvalue weighted by Crippen LogP contribution is -2.49. The summed E-state index contributed by atoms with van der Waals surface area (Å²) in [4.78, 5) is 14.8. The smallest absolute Gasteiger partial charge is 0.381 e. The summed E-state index contributed by atoms with van der Waals surface area (Å²) in [7, 11) is 0. The van der Waals surface area contributed by atoms with Gasteiger partial charge in [-0.3, -0.25) is 9.69 Å². The standard InChI is InChI=1S/C19H24F4N2O2/c20-16-5-4-14(11-15(16)19(21,22)23)24-18(26)17-3-1-2-8-25(17)12-13-6-9-27-10-7-13/h4-5,11,13,17H,1-3,6-10,12H2,(H,24,26)/t17-/m0/s1. The number of nitrogens with zero attached hydrogens (tertiary/aromatic N) is 1. The number of ether oxygens (including phenoxy) is 1. The van der Waals surface area contributed by atoms with Crippen molar-refractivity contribution in [3.63, 3.8) is 0 Å². The number of piperidine rings is 1. The van der Waals surface area contributed by atoms with Gasteiger partial charge in [0.05, 0.1) is 11.6 Å². The van der Waals surface area contributed by atoms with Crippen molar-refractivity contribution >= 4 is 11.6 Å². The van der Waals surface area contributed by atoms with E-state index in [2.05, 4.69) is 10.2 Å². The van der Waals surface area contributed by atoms with E-state index in [0.717, 1.165) is 64.1 Å².